The van der Waals surface area contributed by atoms with Crippen molar-refractivity contribution in [3.63, 3.8) is 0 Å². The van der Waals surface area contributed by atoms with Gasteiger partial charge in [-0.05, 0) is 6.42 Å². The van der Waals surface area contributed by atoms with Gasteiger partial charge in [-0.1, -0.05) is 0 Å². The fourth-order valence-corrected chi connectivity index (χ4v) is 1.93. The molecule has 15 heavy (non-hydrogen) atoms. The van der Waals surface area contributed by atoms with Crippen LogP contribution in [0.5, 0.6) is 0 Å². The lowest BCUT2D eigenvalue weighted by atomic mass is 10.2. The Hall–Kier alpha value is -0.790. The predicted molar refractivity (Wildman–Crippen MR) is 56.7 cm³/mol. The van der Waals surface area contributed by atoms with Gasteiger partial charge in [-0.3, -0.25) is 14.9 Å². The molecule has 1 aliphatic heterocycles. The standard InChI is InChI=1S/C8H15N3O3S/c9-5(1-2-6(10)12)7(13)14-8-11-3-4-15-8/h5,8,11H,1-4,9H2,(H2,10,12)/t5-,8?/m0/s1. The molecule has 1 amide bonds. The summed E-state index contributed by atoms with van der Waals surface area (Å²) in [6.45, 7) is 0.819. The third-order valence-corrected chi connectivity index (χ3v) is 2.92. The van der Waals surface area contributed by atoms with E-state index in [1.54, 1.807) is 0 Å². The molecule has 0 saturated carbocycles. The Labute approximate surface area is 92.1 Å². The predicted octanol–water partition coefficient (Wildman–Crippen LogP) is -1.26. The van der Waals surface area contributed by atoms with E-state index in [1.165, 1.54) is 11.8 Å². The highest BCUT2D eigenvalue weighted by Gasteiger charge is 2.23. The van der Waals surface area contributed by atoms with Crippen molar-refractivity contribution < 1.29 is 14.3 Å². The van der Waals surface area contributed by atoms with Crippen LogP contribution in [-0.2, 0) is 14.3 Å². The van der Waals surface area contributed by atoms with Gasteiger partial charge in [0.1, 0.15) is 6.04 Å². The van der Waals surface area contributed by atoms with Crippen LogP contribution in [0.3, 0.4) is 0 Å². The second-order valence-electron chi connectivity index (χ2n) is 3.21. The lowest BCUT2D eigenvalue weighted by molar-refractivity contribution is -0.147. The van der Waals surface area contributed by atoms with E-state index in [0.29, 0.717) is 0 Å². The van der Waals surface area contributed by atoms with E-state index in [-0.39, 0.29) is 18.4 Å². The Morgan fingerprint density at radius 3 is 2.87 bits per heavy atom. The maximum Gasteiger partial charge on any atom is 0.325 e. The molecule has 86 valence electrons. The van der Waals surface area contributed by atoms with Crippen molar-refractivity contribution in [2.75, 3.05) is 12.3 Å². The highest BCUT2D eigenvalue weighted by atomic mass is 32.2. The molecule has 0 aromatic heterocycles. The third kappa shape index (κ3) is 4.50. The summed E-state index contributed by atoms with van der Waals surface area (Å²) in [5.41, 5.74) is 10.2. The first-order valence-corrected chi connectivity index (χ1v) is 5.74. The van der Waals surface area contributed by atoms with Crippen molar-refractivity contribution >= 4 is 23.6 Å². The van der Waals surface area contributed by atoms with E-state index >= 15 is 0 Å². The molecule has 1 unspecified atom stereocenters. The minimum absolute atomic E-state index is 0.0987. The van der Waals surface area contributed by atoms with Crippen LogP contribution in [-0.4, -0.2) is 35.8 Å². The molecule has 0 bridgehead atoms. The minimum Gasteiger partial charge on any atom is -0.436 e. The summed E-state index contributed by atoms with van der Waals surface area (Å²) in [6, 6.07) is -0.777. The number of nitrogens with one attached hydrogen (secondary N) is 1. The zero-order chi connectivity index (χ0) is 11.3. The van der Waals surface area contributed by atoms with Gasteiger partial charge in [-0.15, -0.1) is 11.8 Å². The molecule has 0 spiro atoms. The summed E-state index contributed by atoms with van der Waals surface area (Å²) >= 11 is 1.51. The molecule has 6 nitrogen and oxygen atoms in total. The van der Waals surface area contributed by atoms with Crippen molar-refractivity contribution in [2.45, 2.75) is 24.4 Å². The average molecular weight is 233 g/mol. The van der Waals surface area contributed by atoms with Gasteiger partial charge in [0.05, 0.1) is 0 Å². The first kappa shape index (κ1) is 12.3. The Kier molecular flexibility index (Phi) is 4.86. The van der Waals surface area contributed by atoms with E-state index in [0.717, 1.165) is 12.3 Å². The summed E-state index contributed by atoms with van der Waals surface area (Å²) in [4.78, 5) is 21.8. The summed E-state index contributed by atoms with van der Waals surface area (Å²) < 4.78 is 5.04. The van der Waals surface area contributed by atoms with Crippen LogP contribution in [0.2, 0.25) is 0 Å². The number of amides is 1. The Bertz CT molecular complexity index is 243. The fraction of sp³-hybridized carbons (Fsp3) is 0.750. The number of nitrogens with two attached hydrogens (primary N) is 2. The van der Waals surface area contributed by atoms with E-state index in [2.05, 4.69) is 5.32 Å². The molecule has 7 heteroatoms. The van der Waals surface area contributed by atoms with E-state index < -0.39 is 17.9 Å². The van der Waals surface area contributed by atoms with Crippen molar-refractivity contribution in [2.24, 2.45) is 11.5 Å². The molecule has 0 aromatic carbocycles. The van der Waals surface area contributed by atoms with Crippen molar-refractivity contribution in [3.8, 4) is 0 Å². The molecular formula is C8H15N3O3S. The number of carbonyl (C=O) groups excluding carboxylic acids is 2. The summed E-state index contributed by atoms with van der Waals surface area (Å²) in [7, 11) is 0. The largest absolute Gasteiger partial charge is 0.436 e. The van der Waals surface area contributed by atoms with E-state index in [9.17, 15) is 9.59 Å². The van der Waals surface area contributed by atoms with E-state index in [1.807, 2.05) is 0 Å². The van der Waals surface area contributed by atoms with Crippen LogP contribution in [0.1, 0.15) is 12.8 Å². The third-order valence-electron chi connectivity index (χ3n) is 1.91. The fourth-order valence-electron chi connectivity index (χ4n) is 1.09. The van der Waals surface area contributed by atoms with Gasteiger partial charge in [0.2, 0.25) is 11.5 Å². The van der Waals surface area contributed by atoms with Gasteiger partial charge in [0.15, 0.2) is 0 Å². The summed E-state index contributed by atoms with van der Waals surface area (Å²) in [6.07, 6.45) is 0.326. The molecule has 1 fully saturated rings. The van der Waals surface area contributed by atoms with Gasteiger partial charge in [0.25, 0.3) is 0 Å². The maximum absolute atomic E-state index is 11.4. The Balaban J connectivity index is 2.22. The number of esters is 1. The lowest BCUT2D eigenvalue weighted by Gasteiger charge is -2.14. The van der Waals surface area contributed by atoms with Crippen LogP contribution in [0.25, 0.3) is 0 Å². The van der Waals surface area contributed by atoms with Crippen LogP contribution in [0, 0.1) is 0 Å². The normalized spacial score (nSPS) is 22.3. The number of carbonyl (C=O) groups is 2. The maximum atomic E-state index is 11.4. The number of hydrogen-bond acceptors (Lipinski definition) is 6. The second kappa shape index (κ2) is 5.94. The van der Waals surface area contributed by atoms with Crippen molar-refractivity contribution in [1.82, 2.24) is 5.32 Å². The van der Waals surface area contributed by atoms with Crippen LogP contribution in [0.4, 0.5) is 0 Å². The zero-order valence-electron chi connectivity index (χ0n) is 8.27. The first-order valence-electron chi connectivity index (χ1n) is 4.69. The highest BCUT2D eigenvalue weighted by Crippen LogP contribution is 2.15. The summed E-state index contributed by atoms with van der Waals surface area (Å²) in [5, 5.41) is 2.98. The molecule has 1 rings (SSSR count). The van der Waals surface area contributed by atoms with E-state index in [4.69, 9.17) is 16.2 Å². The minimum atomic E-state index is -0.777. The molecule has 1 aliphatic rings. The Morgan fingerprint density at radius 2 is 2.33 bits per heavy atom. The number of ether oxygens (including phenoxy) is 1. The first-order chi connectivity index (χ1) is 7.09. The van der Waals surface area contributed by atoms with Gasteiger partial charge in [0, 0.05) is 18.7 Å². The quantitative estimate of drug-likeness (QED) is 0.512. The number of thioether (sulfide) groups is 1. The molecule has 1 heterocycles. The van der Waals surface area contributed by atoms with Gasteiger partial charge < -0.3 is 16.2 Å². The molecule has 0 aromatic rings. The lowest BCUT2D eigenvalue weighted by Crippen LogP contribution is -2.37. The van der Waals surface area contributed by atoms with Crippen LogP contribution in [0.15, 0.2) is 0 Å². The highest BCUT2D eigenvalue weighted by molar-refractivity contribution is 8.00. The van der Waals surface area contributed by atoms with Crippen molar-refractivity contribution in [1.29, 1.82) is 0 Å². The van der Waals surface area contributed by atoms with Crippen LogP contribution >= 0.6 is 11.8 Å². The molecular weight excluding hydrogens is 218 g/mol. The van der Waals surface area contributed by atoms with Crippen LogP contribution < -0.4 is 16.8 Å². The van der Waals surface area contributed by atoms with Gasteiger partial charge >= 0.3 is 5.97 Å². The SMILES string of the molecule is NC(=O)CC[C@H](N)C(=O)OC1NCCS1. The topological polar surface area (TPSA) is 107 Å². The van der Waals surface area contributed by atoms with Gasteiger partial charge in [-0.2, -0.15) is 0 Å². The van der Waals surface area contributed by atoms with Gasteiger partial charge in [-0.25, -0.2) is 0 Å². The number of primary amides is 1. The van der Waals surface area contributed by atoms with Crippen molar-refractivity contribution in [3.05, 3.63) is 0 Å². The average Bonchev–Trinajstić information content (AvgIpc) is 2.66. The summed E-state index contributed by atoms with van der Waals surface area (Å²) in [5.74, 6) is -0.0520. The Morgan fingerprint density at radius 1 is 1.60 bits per heavy atom. The molecule has 0 radical (unpaired) electrons. The molecule has 0 aliphatic carbocycles. The smallest absolute Gasteiger partial charge is 0.325 e. The number of rotatable bonds is 5. The monoisotopic (exact) mass is 233 g/mol. The second-order valence-corrected chi connectivity index (χ2v) is 4.37. The molecule has 2 atom stereocenters. The molecule has 5 N–H and O–H groups in total. The number of hydrogen-bond donors (Lipinski definition) is 3. The zero-order valence-corrected chi connectivity index (χ0v) is 9.09. The molecule has 1 saturated heterocycles.